The van der Waals surface area contributed by atoms with Gasteiger partial charge in [0, 0.05) is 44.7 Å². The zero-order valence-corrected chi connectivity index (χ0v) is 15.2. The number of guanidine groups is 1. The van der Waals surface area contributed by atoms with E-state index in [2.05, 4.69) is 25.7 Å². The molecule has 7 nitrogen and oxygen atoms in total. The van der Waals surface area contributed by atoms with Gasteiger partial charge in [-0.15, -0.1) is 0 Å². The lowest BCUT2D eigenvalue weighted by atomic mass is 10.2. The number of hydrogen-bond donors (Lipinski definition) is 2. The lowest BCUT2D eigenvalue weighted by Crippen LogP contribution is -2.36. The van der Waals surface area contributed by atoms with Crippen LogP contribution in [-0.4, -0.2) is 27.8 Å². The molecule has 3 aromatic rings. The van der Waals surface area contributed by atoms with Gasteiger partial charge in [0.15, 0.2) is 5.96 Å². The Morgan fingerprint density at radius 3 is 2.74 bits per heavy atom. The van der Waals surface area contributed by atoms with E-state index < -0.39 is 0 Å². The number of aryl methyl sites for hydroxylation is 1. The molecule has 0 saturated heterocycles. The van der Waals surface area contributed by atoms with Crippen molar-refractivity contribution in [3.63, 3.8) is 0 Å². The molecule has 0 saturated carbocycles. The molecule has 0 unspecified atom stereocenters. The average Bonchev–Trinajstić information content (AvgIpc) is 3.08. The lowest BCUT2D eigenvalue weighted by molar-refractivity contribution is 0.450. The first-order valence-corrected chi connectivity index (χ1v) is 8.44. The fourth-order valence-corrected chi connectivity index (χ4v) is 2.44. The summed E-state index contributed by atoms with van der Waals surface area (Å²) in [6, 6.07) is 11.6. The third kappa shape index (κ3) is 5.04. The Hall–Kier alpha value is -3.42. The summed E-state index contributed by atoms with van der Waals surface area (Å²) in [6.07, 6.45) is 3.38. The third-order valence-corrected chi connectivity index (χ3v) is 3.89. The van der Waals surface area contributed by atoms with Gasteiger partial charge in [-0.2, -0.15) is 5.10 Å². The molecule has 0 aliphatic heterocycles. The average molecular weight is 368 g/mol. The van der Waals surface area contributed by atoms with Crippen molar-refractivity contribution in [2.75, 3.05) is 7.05 Å². The number of rotatable bonds is 6. The van der Waals surface area contributed by atoms with Crippen LogP contribution in [0.3, 0.4) is 0 Å². The summed E-state index contributed by atoms with van der Waals surface area (Å²) in [5.41, 5.74) is 1.86. The molecule has 0 spiro atoms. The smallest absolute Gasteiger partial charge is 0.224 e. The van der Waals surface area contributed by atoms with Crippen LogP contribution in [0.1, 0.15) is 11.3 Å². The van der Waals surface area contributed by atoms with Gasteiger partial charge in [-0.1, -0.05) is 12.1 Å². The number of nitrogens with zero attached hydrogens (tertiary/aromatic N) is 4. The van der Waals surface area contributed by atoms with Crippen molar-refractivity contribution in [2.45, 2.75) is 13.1 Å². The second-order valence-electron chi connectivity index (χ2n) is 5.75. The van der Waals surface area contributed by atoms with Gasteiger partial charge in [0.1, 0.15) is 11.6 Å². The zero-order chi connectivity index (χ0) is 19.1. The van der Waals surface area contributed by atoms with Crippen LogP contribution in [0, 0.1) is 5.82 Å². The van der Waals surface area contributed by atoms with Gasteiger partial charge in [-0.3, -0.25) is 9.67 Å². The minimum absolute atomic E-state index is 0.358. The second-order valence-corrected chi connectivity index (χ2v) is 5.75. The van der Waals surface area contributed by atoms with E-state index in [1.165, 1.54) is 12.1 Å². The lowest BCUT2D eigenvalue weighted by Gasteiger charge is -2.14. The van der Waals surface area contributed by atoms with E-state index in [9.17, 15) is 4.39 Å². The first-order valence-electron chi connectivity index (χ1n) is 8.44. The minimum atomic E-state index is -0.358. The maximum Gasteiger partial charge on any atom is 0.224 e. The van der Waals surface area contributed by atoms with E-state index in [4.69, 9.17) is 4.74 Å². The standard InChI is InChI=1S/C19H21FN6O/c1-21-19(24-13-16-8-10-25-26(16)2)23-12-14-5-4-9-22-18(14)27-17-7-3-6-15(20)11-17/h3-11H,12-13H2,1-2H3,(H2,21,23,24). The van der Waals surface area contributed by atoms with Crippen molar-refractivity contribution in [1.29, 1.82) is 0 Å². The Labute approximate surface area is 156 Å². The molecule has 140 valence electrons. The summed E-state index contributed by atoms with van der Waals surface area (Å²) in [4.78, 5) is 8.46. The van der Waals surface area contributed by atoms with Crippen LogP contribution in [0.2, 0.25) is 0 Å². The molecular formula is C19H21FN6O. The number of halogens is 1. The summed E-state index contributed by atoms with van der Waals surface area (Å²) in [7, 11) is 3.59. The summed E-state index contributed by atoms with van der Waals surface area (Å²) in [5.74, 6) is 1.09. The van der Waals surface area contributed by atoms with Gasteiger partial charge in [0.25, 0.3) is 0 Å². The molecule has 8 heteroatoms. The first kappa shape index (κ1) is 18.4. The second kappa shape index (κ2) is 8.79. The maximum atomic E-state index is 13.4. The number of hydrogen-bond acceptors (Lipinski definition) is 4. The molecule has 0 amide bonds. The summed E-state index contributed by atoms with van der Waals surface area (Å²) in [5, 5.41) is 10.6. The van der Waals surface area contributed by atoms with E-state index in [0.717, 1.165) is 11.3 Å². The molecule has 3 rings (SSSR count). The first-order chi connectivity index (χ1) is 13.2. The highest BCUT2D eigenvalue weighted by Crippen LogP contribution is 2.23. The number of nitrogens with one attached hydrogen (secondary N) is 2. The SMILES string of the molecule is CN=C(NCc1cccnc1Oc1cccc(F)c1)NCc1ccnn1C. The highest BCUT2D eigenvalue weighted by molar-refractivity contribution is 5.79. The zero-order valence-electron chi connectivity index (χ0n) is 15.2. The molecule has 0 aliphatic carbocycles. The Balaban J connectivity index is 1.62. The molecule has 2 N–H and O–H groups in total. The third-order valence-electron chi connectivity index (χ3n) is 3.89. The quantitative estimate of drug-likeness (QED) is 0.517. The fraction of sp³-hybridized carbons (Fsp3) is 0.211. The largest absolute Gasteiger partial charge is 0.439 e. The molecule has 0 atom stereocenters. The molecular weight excluding hydrogens is 347 g/mol. The summed E-state index contributed by atoms with van der Waals surface area (Å²) >= 11 is 0. The Morgan fingerprint density at radius 1 is 1.15 bits per heavy atom. The number of benzene rings is 1. The van der Waals surface area contributed by atoms with Crippen LogP contribution in [0.25, 0.3) is 0 Å². The highest BCUT2D eigenvalue weighted by Gasteiger charge is 2.08. The molecule has 27 heavy (non-hydrogen) atoms. The Bertz CT molecular complexity index is 924. The van der Waals surface area contributed by atoms with E-state index in [0.29, 0.717) is 30.7 Å². The van der Waals surface area contributed by atoms with Crippen molar-refractivity contribution < 1.29 is 9.13 Å². The van der Waals surface area contributed by atoms with Crippen LogP contribution < -0.4 is 15.4 Å². The summed E-state index contributed by atoms with van der Waals surface area (Å²) in [6.45, 7) is 1.04. The van der Waals surface area contributed by atoms with Crippen LogP contribution in [-0.2, 0) is 20.1 Å². The van der Waals surface area contributed by atoms with Gasteiger partial charge in [-0.25, -0.2) is 9.37 Å². The van der Waals surface area contributed by atoms with E-state index >= 15 is 0 Å². The molecule has 0 aliphatic rings. The van der Waals surface area contributed by atoms with Gasteiger partial charge in [0.2, 0.25) is 5.88 Å². The number of aromatic nitrogens is 3. The minimum Gasteiger partial charge on any atom is -0.439 e. The van der Waals surface area contributed by atoms with Crippen molar-refractivity contribution >= 4 is 5.96 Å². The van der Waals surface area contributed by atoms with E-state index in [-0.39, 0.29) is 5.82 Å². The van der Waals surface area contributed by atoms with Crippen molar-refractivity contribution in [3.05, 3.63) is 71.9 Å². The maximum absolute atomic E-state index is 13.4. The van der Waals surface area contributed by atoms with Crippen LogP contribution >= 0.6 is 0 Å². The monoisotopic (exact) mass is 368 g/mol. The normalized spacial score (nSPS) is 11.3. The molecule has 2 aromatic heterocycles. The van der Waals surface area contributed by atoms with Gasteiger partial charge in [0.05, 0.1) is 12.2 Å². The van der Waals surface area contributed by atoms with Crippen molar-refractivity contribution in [1.82, 2.24) is 25.4 Å². The van der Waals surface area contributed by atoms with E-state index in [1.54, 1.807) is 36.3 Å². The molecule has 1 aromatic carbocycles. The van der Waals surface area contributed by atoms with Gasteiger partial charge < -0.3 is 15.4 Å². The van der Waals surface area contributed by atoms with E-state index in [1.807, 2.05) is 25.2 Å². The predicted molar refractivity (Wildman–Crippen MR) is 101 cm³/mol. The molecule has 0 fully saturated rings. The highest BCUT2D eigenvalue weighted by atomic mass is 19.1. The van der Waals surface area contributed by atoms with Crippen LogP contribution in [0.5, 0.6) is 11.6 Å². The summed E-state index contributed by atoms with van der Waals surface area (Å²) < 4.78 is 20.9. The fourth-order valence-electron chi connectivity index (χ4n) is 2.44. The molecule has 0 bridgehead atoms. The molecule has 2 heterocycles. The Morgan fingerprint density at radius 2 is 2.00 bits per heavy atom. The van der Waals surface area contributed by atoms with Crippen molar-refractivity contribution in [3.8, 4) is 11.6 Å². The van der Waals surface area contributed by atoms with Crippen LogP contribution in [0.15, 0.2) is 59.9 Å². The van der Waals surface area contributed by atoms with Crippen molar-refractivity contribution in [2.24, 2.45) is 12.0 Å². The van der Waals surface area contributed by atoms with Gasteiger partial charge in [-0.05, 0) is 24.3 Å². The molecule has 0 radical (unpaired) electrons. The number of pyridine rings is 1. The Kier molecular flexibility index (Phi) is 5.98. The van der Waals surface area contributed by atoms with Gasteiger partial charge >= 0.3 is 0 Å². The number of ether oxygens (including phenoxy) is 1. The number of aliphatic imine (C=N–C) groups is 1. The topological polar surface area (TPSA) is 76.4 Å². The predicted octanol–water partition coefficient (Wildman–Crippen LogP) is 2.61. The van der Waals surface area contributed by atoms with Crippen LogP contribution in [0.4, 0.5) is 4.39 Å².